The summed E-state index contributed by atoms with van der Waals surface area (Å²) in [4.78, 5) is 12.2. The number of hydrogen-bond donors (Lipinski definition) is 0. The molecule has 2 aromatic rings. The third-order valence-corrected chi connectivity index (χ3v) is 3.38. The van der Waals surface area contributed by atoms with Gasteiger partial charge in [-0.05, 0) is 31.0 Å². The molecule has 1 aromatic carbocycles. The normalized spacial score (nSPS) is 10.5. The van der Waals surface area contributed by atoms with Crippen LogP contribution >= 0.6 is 23.4 Å². The Balaban J connectivity index is 2.06. The summed E-state index contributed by atoms with van der Waals surface area (Å²) in [5.74, 6) is 0.785. The van der Waals surface area contributed by atoms with Gasteiger partial charge in [0.2, 0.25) is 5.28 Å². The Labute approximate surface area is 121 Å². The van der Waals surface area contributed by atoms with Crippen LogP contribution in [0.15, 0.2) is 29.4 Å². The monoisotopic (exact) mass is 295 g/mol. The molecule has 0 N–H and O–H groups in total. The molecular formula is C13H14ClN3OS. The van der Waals surface area contributed by atoms with Crippen molar-refractivity contribution in [2.75, 3.05) is 6.61 Å². The van der Waals surface area contributed by atoms with Gasteiger partial charge in [-0.3, -0.25) is 0 Å². The van der Waals surface area contributed by atoms with Crippen LogP contribution in [0.3, 0.4) is 0 Å². The summed E-state index contributed by atoms with van der Waals surface area (Å²) >= 11 is 7.35. The lowest BCUT2D eigenvalue weighted by atomic mass is 10.2. The van der Waals surface area contributed by atoms with Crippen molar-refractivity contribution in [3.63, 3.8) is 0 Å². The standard InChI is InChI=1S/C13H14ClN3OS/c1-3-18-12-15-11(14)16-13(17-12)19-8-10-6-4-5-9(2)7-10/h4-7H,3,8H2,1-2H3. The Morgan fingerprint density at radius 3 is 2.84 bits per heavy atom. The fraction of sp³-hybridized carbons (Fsp3) is 0.308. The molecule has 0 saturated heterocycles. The quantitative estimate of drug-likeness (QED) is 0.790. The first-order valence-corrected chi connectivity index (χ1v) is 7.26. The van der Waals surface area contributed by atoms with Crippen LogP contribution in [0.4, 0.5) is 0 Å². The van der Waals surface area contributed by atoms with Gasteiger partial charge in [-0.2, -0.15) is 15.0 Å². The van der Waals surface area contributed by atoms with Crippen LogP contribution in [-0.2, 0) is 5.75 Å². The van der Waals surface area contributed by atoms with Gasteiger partial charge in [0, 0.05) is 5.75 Å². The third kappa shape index (κ3) is 4.36. The molecule has 6 heteroatoms. The first-order valence-electron chi connectivity index (χ1n) is 5.90. The van der Waals surface area contributed by atoms with Crippen LogP contribution in [-0.4, -0.2) is 21.6 Å². The number of thioether (sulfide) groups is 1. The molecule has 0 amide bonds. The lowest BCUT2D eigenvalue weighted by Gasteiger charge is -2.04. The van der Waals surface area contributed by atoms with Gasteiger partial charge < -0.3 is 4.74 Å². The number of halogens is 1. The van der Waals surface area contributed by atoms with Crippen molar-refractivity contribution in [3.05, 3.63) is 40.7 Å². The average Bonchev–Trinajstić information content (AvgIpc) is 2.36. The number of benzene rings is 1. The second-order valence-corrected chi connectivity index (χ2v) is 5.16. The molecule has 0 unspecified atom stereocenters. The third-order valence-electron chi connectivity index (χ3n) is 2.29. The summed E-state index contributed by atoms with van der Waals surface area (Å²) in [5, 5.41) is 0.732. The maximum atomic E-state index is 5.84. The molecule has 0 radical (unpaired) electrons. The van der Waals surface area contributed by atoms with Crippen LogP contribution in [0, 0.1) is 6.92 Å². The molecule has 19 heavy (non-hydrogen) atoms. The fourth-order valence-corrected chi connectivity index (χ4v) is 2.49. The zero-order chi connectivity index (χ0) is 13.7. The van der Waals surface area contributed by atoms with E-state index in [4.69, 9.17) is 16.3 Å². The maximum Gasteiger partial charge on any atom is 0.321 e. The van der Waals surface area contributed by atoms with Crippen LogP contribution in [0.1, 0.15) is 18.1 Å². The molecule has 100 valence electrons. The van der Waals surface area contributed by atoms with Crippen molar-refractivity contribution in [2.24, 2.45) is 0 Å². The number of ether oxygens (including phenoxy) is 1. The first kappa shape index (κ1) is 14.1. The molecule has 0 aliphatic heterocycles. The predicted octanol–water partition coefficient (Wildman–Crippen LogP) is 3.52. The van der Waals surface area contributed by atoms with Gasteiger partial charge in [0.25, 0.3) is 0 Å². The van der Waals surface area contributed by atoms with E-state index in [0.717, 1.165) is 5.75 Å². The van der Waals surface area contributed by atoms with E-state index in [-0.39, 0.29) is 11.3 Å². The summed E-state index contributed by atoms with van der Waals surface area (Å²) in [7, 11) is 0. The maximum absolute atomic E-state index is 5.84. The minimum Gasteiger partial charge on any atom is -0.464 e. The van der Waals surface area contributed by atoms with E-state index >= 15 is 0 Å². The molecule has 0 bridgehead atoms. The van der Waals surface area contributed by atoms with Crippen molar-refractivity contribution >= 4 is 23.4 Å². The summed E-state index contributed by atoms with van der Waals surface area (Å²) in [6.45, 7) is 4.45. The van der Waals surface area contributed by atoms with Gasteiger partial charge >= 0.3 is 6.01 Å². The Bertz CT molecular complexity index is 565. The highest BCUT2D eigenvalue weighted by molar-refractivity contribution is 7.98. The van der Waals surface area contributed by atoms with Crippen molar-refractivity contribution in [1.82, 2.24) is 15.0 Å². The summed E-state index contributed by atoms with van der Waals surface area (Å²) in [6.07, 6.45) is 0. The summed E-state index contributed by atoms with van der Waals surface area (Å²) in [5.41, 5.74) is 2.46. The molecule has 2 rings (SSSR count). The van der Waals surface area contributed by atoms with Crippen molar-refractivity contribution in [3.8, 4) is 6.01 Å². The minimum absolute atomic E-state index is 0.158. The highest BCUT2D eigenvalue weighted by Crippen LogP contribution is 2.22. The van der Waals surface area contributed by atoms with E-state index in [0.29, 0.717) is 11.8 Å². The van der Waals surface area contributed by atoms with Gasteiger partial charge in [-0.1, -0.05) is 41.6 Å². The molecule has 0 spiro atoms. The molecule has 4 nitrogen and oxygen atoms in total. The summed E-state index contributed by atoms with van der Waals surface area (Å²) < 4.78 is 5.24. The van der Waals surface area contributed by atoms with Gasteiger partial charge in [-0.25, -0.2) is 0 Å². The van der Waals surface area contributed by atoms with Crippen LogP contribution in [0.2, 0.25) is 5.28 Å². The molecule has 0 fully saturated rings. The molecular weight excluding hydrogens is 282 g/mol. The van der Waals surface area contributed by atoms with Crippen LogP contribution in [0.5, 0.6) is 6.01 Å². The fourth-order valence-electron chi connectivity index (χ4n) is 1.52. The molecule has 1 heterocycles. The van der Waals surface area contributed by atoms with Crippen LogP contribution in [0.25, 0.3) is 0 Å². The van der Waals surface area contributed by atoms with Gasteiger partial charge in [0.15, 0.2) is 5.16 Å². The van der Waals surface area contributed by atoms with Gasteiger partial charge in [-0.15, -0.1) is 0 Å². The van der Waals surface area contributed by atoms with Crippen molar-refractivity contribution in [1.29, 1.82) is 0 Å². The average molecular weight is 296 g/mol. The number of rotatable bonds is 5. The smallest absolute Gasteiger partial charge is 0.321 e. The molecule has 0 aliphatic carbocycles. The van der Waals surface area contributed by atoms with E-state index < -0.39 is 0 Å². The zero-order valence-corrected chi connectivity index (χ0v) is 12.3. The Kier molecular flexibility index (Phi) is 4.99. The van der Waals surface area contributed by atoms with Crippen molar-refractivity contribution < 1.29 is 4.74 Å². The first-order chi connectivity index (χ1) is 9.17. The van der Waals surface area contributed by atoms with Crippen LogP contribution < -0.4 is 4.74 Å². The second-order valence-electron chi connectivity index (χ2n) is 3.88. The highest BCUT2D eigenvalue weighted by Gasteiger charge is 2.06. The Morgan fingerprint density at radius 2 is 2.11 bits per heavy atom. The zero-order valence-electron chi connectivity index (χ0n) is 10.8. The van der Waals surface area contributed by atoms with Gasteiger partial charge in [0.05, 0.1) is 6.61 Å². The number of hydrogen-bond acceptors (Lipinski definition) is 5. The topological polar surface area (TPSA) is 47.9 Å². The van der Waals surface area contributed by atoms with Crippen molar-refractivity contribution in [2.45, 2.75) is 24.8 Å². The van der Waals surface area contributed by atoms with E-state index in [2.05, 4.69) is 40.1 Å². The molecule has 1 aromatic heterocycles. The number of aromatic nitrogens is 3. The van der Waals surface area contributed by atoms with E-state index in [1.54, 1.807) is 0 Å². The Morgan fingerprint density at radius 1 is 1.26 bits per heavy atom. The Hall–Kier alpha value is -1.33. The summed E-state index contributed by atoms with van der Waals surface area (Å²) in [6, 6.07) is 8.60. The second kappa shape index (κ2) is 6.73. The van der Waals surface area contributed by atoms with E-state index in [9.17, 15) is 0 Å². The van der Waals surface area contributed by atoms with E-state index in [1.807, 2.05) is 13.0 Å². The SMILES string of the molecule is CCOc1nc(Cl)nc(SCc2cccc(C)c2)n1. The molecule has 0 aliphatic rings. The number of aryl methyl sites for hydroxylation is 1. The predicted molar refractivity (Wildman–Crippen MR) is 76.7 cm³/mol. The largest absolute Gasteiger partial charge is 0.464 e. The minimum atomic E-state index is 0.158. The lowest BCUT2D eigenvalue weighted by molar-refractivity contribution is 0.307. The number of nitrogens with zero attached hydrogens (tertiary/aromatic N) is 3. The molecule has 0 atom stereocenters. The van der Waals surface area contributed by atoms with Gasteiger partial charge in [0.1, 0.15) is 0 Å². The molecule has 0 saturated carbocycles. The highest BCUT2D eigenvalue weighted by atomic mass is 35.5. The van der Waals surface area contributed by atoms with E-state index in [1.165, 1.54) is 22.9 Å². The lowest BCUT2D eigenvalue weighted by Crippen LogP contribution is -2.00.